The normalized spacial score (nSPS) is 27.2. The average molecular weight is 396 g/mol. The molecule has 0 saturated carbocycles. The molecule has 2 fully saturated rings. The molecule has 154 valence electrons. The topological polar surface area (TPSA) is 49.5 Å². The van der Waals surface area contributed by atoms with E-state index in [1.165, 1.54) is 0 Å². The van der Waals surface area contributed by atoms with Gasteiger partial charge < -0.3 is 23.7 Å². The van der Waals surface area contributed by atoms with Crippen molar-refractivity contribution in [3.8, 4) is 5.75 Å². The Hall–Kier alpha value is -2.18. The lowest BCUT2D eigenvalue weighted by molar-refractivity contribution is -0.264. The van der Waals surface area contributed by atoms with Crippen molar-refractivity contribution in [3.63, 3.8) is 0 Å². The number of methoxy groups -OCH3 is 1. The summed E-state index contributed by atoms with van der Waals surface area (Å²) in [4.78, 5) is 0. The maximum Gasteiger partial charge on any atom is 0.184 e. The molecule has 0 aromatic heterocycles. The molecule has 0 radical (unpaired) electrons. The first kappa shape index (κ1) is 20.1. The minimum absolute atomic E-state index is 0.0221. The maximum atomic E-state index is 6.33. The Morgan fingerprint density at radius 1 is 1.07 bits per heavy atom. The molecule has 2 aliphatic heterocycles. The van der Waals surface area contributed by atoms with Crippen molar-refractivity contribution in [2.24, 2.45) is 5.92 Å². The predicted octanol–water partition coefficient (Wildman–Crippen LogP) is 4.29. The third-order valence-electron chi connectivity index (χ3n) is 5.40. The molecular formula is C24H28O5. The zero-order chi connectivity index (χ0) is 20.1. The Morgan fingerprint density at radius 2 is 1.83 bits per heavy atom. The Bertz CT molecular complexity index is 772. The second-order valence-electron chi connectivity index (χ2n) is 7.46. The van der Waals surface area contributed by atoms with Gasteiger partial charge in [0, 0.05) is 17.9 Å². The van der Waals surface area contributed by atoms with Gasteiger partial charge in [-0.05, 0) is 17.7 Å². The third-order valence-corrected chi connectivity index (χ3v) is 5.40. The first-order valence-electron chi connectivity index (χ1n) is 10.1. The third kappa shape index (κ3) is 5.25. The summed E-state index contributed by atoms with van der Waals surface area (Å²) in [5.41, 5.74) is 2.11. The van der Waals surface area contributed by atoms with Crippen molar-refractivity contribution < 1.29 is 23.7 Å². The molecule has 0 amide bonds. The summed E-state index contributed by atoms with van der Waals surface area (Å²) in [7, 11) is 1.66. The van der Waals surface area contributed by atoms with Crippen molar-refractivity contribution in [1.29, 1.82) is 0 Å². The second-order valence-corrected chi connectivity index (χ2v) is 7.46. The smallest absolute Gasteiger partial charge is 0.184 e. The van der Waals surface area contributed by atoms with E-state index in [0.717, 1.165) is 29.9 Å². The zero-order valence-corrected chi connectivity index (χ0v) is 16.7. The lowest BCUT2D eigenvalue weighted by atomic mass is 9.93. The van der Waals surface area contributed by atoms with Crippen LogP contribution in [0.3, 0.4) is 0 Å². The van der Waals surface area contributed by atoms with Gasteiger partial charge in [0.1, 0.15) is 5.75 Å². The SMILES string of the molecule is C=C[C@@H]([C@@H]1CO1)[C@@H]1C[C@H](COCc2ccccc2)OC(c2ccc(OC)cc2)O1. The molecule has 2 aromatic rings. The quantitative estimate of drug-likeness (QED) is 0.468. The molecule has 5 heteroatoms. The van der Waals surface area contributed by atoms with E-state index in [1.54, 1.807) is 7.11 Å². The average Bonchev–Trinajstić information content (AvgIpc) is 3.60. The van der Waals surface area contributed by atoms with E-state index in [4.69, 9.17) is 23.7 Å². The van der Waals surface area contributed by atoms with Gasteiger partial charge in [-0.25, -0.2) is 0 Å². The summed E-state index contributed by atoms with van der Waals surface area (Å²) in [6, 6.07) is 18.0. The molecule has 5 nitrogen and oxygen atoms in total. The highest BCUT2D eigenvalue weighted by Crippen LogP contribution is 2.37. The van der Waals surface area contributed by atoms with E-state index in [0.29, 0.717) is 13.2 Å². The highest BCUT2D eigenvalue weighted by atomic mass is 16.7. The van der Waals surface area contributed by atoms with Gasteiger partial charge in [-0.1, -0.05) is 48.5 Å². The van der Waals surface area contributed by atoms with E-state index in [2.05, 4.69) is 18.7 Å². The minimum Gasteiger partial charge on any atom is -0.497 e. The maximum absolute atomic E-state index is 6.33. The molecular weight excluding hydrogens is 368 g/mol. The molecule has 2 aromatic carbocycles. The van der Waals surface area contributed by atoms with Crippen LogP contribution in [-0.2, 0) is 25.6 Å². The van der Waals surface area contributed by atoms with Crippen LogP contribution in [0.15, 0.2) is 67.3 Å². The highest BCUT2D eigenvalue weighted by molar-refractivity contribution is 5.28. The van der Waals surface area contributed by atoms with E-state index >= 15 is 0 Å². The predicted molar refractivity (Wildman–Crippen MR) is 110 cm³/mol. The molecule has 2 saturated heterocycles. The number of hydrogen-bond donors (Lipinski definition) is 0. The lowest BCUT2D eigenvalue weighted by Crippen LogP contribution is -2.41. The second kappa shape index (κ2) is 9.55. The largest absolute Gasteiger partial charge is 0.497 e. The summed E-state index contributed by atoms with van der Waals surface area (Å²) < 4.78 is 29.3. The Kier molecular flexibility index (Phi) is 6.62. The number of benzene rings is 2. The molecule has 0 aliphatic carbocycles. The molecule has 0 bridgehead atoms. The molecule has 2 heterocycles. The van der Waals surface area contributed by atoms with Crippen molar-refractivity contribution in [3.05, 3.63) is 78.4 Å². The first-order valence-corrected chi connectivity index (χ1v) is 10.1. The Morgan fingerprint density at radius 3 is 2.48 bits per heavy atom. The number of ether oxygens (including phenoxy) is 5. The van der Waals surface area contributed by atoms with Crippen molar-refractivity contribution in [1.82, 2.24) is 0 Å². The van der Waals surface area contributed by atoms with E-state index in [1.807, 2.05) is 48.5 Å². The van der Waals surface area contributed by atoms with Crippen molar-refractivity contribution in [2.45, 2.75) is 37.6 Å². The van der Waals surface area contributed by atoms with Crippen LogP contribution in [0.4, 0.5) is 0 Å². The van der Waals surface area contributed by atoms with Gasteiger partial charge in [-0.15, -0.1) is 6.58 Å². The number of epoxide rings is 1. The molecule has 0 N–H and O–H groups in total. The highest BCUT2D eigenvalue weighted by Gasteiger charge is 2.42. The summed E-state index contributed by atoms with van der Waals surface area (Å²) in [5.74, 6) is 0.954. The molecule has 0 spiro atoms. The van der Waals surface area contributed by atoms with Gasteiger partial charge >= 0.3 is 0 Å². The molecule has 4 rings (SSSR count). The Balaban J connectivity index is 1.43. The Labute approximate surface area is 172 Å². The molecule has 1 unspecified atom stereocenters. The van der Waals surface area contributed by atoms with Crippen LogP contribution in [0.2, 0.25) is 0 Å². The van der Waals surface area contributed by atoms with Crippen molar-refractivity contribution >= 4 is 0 Å². The zero-order valence-electron chi connectivity index (χ0n) is 16.7. The molecule has 2 aliphatic rings. The minimum atomic E-state index is -0.453. The fourth-order valence-electron chi connectivity index (χ4n) is 3.71. The fraction of sp³-hybridized carbons (Fsp3) is 0.417. The van der Waals surface area contributed by atoms with Crippen molar-refractivity contribution in [2.75, 3.05) is 20.3 Å². The van der Waals surface area contributed by atoms with E-state index in [-0.39, 0.29) is 24.2 Å². The monoisotopic (exact) mass is 396 g/mol. The van der Waals surface area contributed by atoms with Gasteiger partial charge in [0.15, 0.2) is 6.29 Å². The summed E-state index contributed by atoms with van der Waals surface area (Å²) in [5, 5.41) is 0. The van der Waals surface area contributed by atoms with Crippen LogP contribution in [0.5, 0.6) is 5.75 Å². The molecule has 5 atom stereocenters. The first-order chi connectivity index (χ1) is 14.3. The van der Waals surface area contributed by atoms with Gasteiger partial charge in [0.25, 0.3) is 0 Å². The summed E-state index contributed by atoms with van der Waals surface area (Å²) >= 11 is 0. The van der Waals surface area contributed by atoms with Crippen LogP contribution in [0.25, 0.3) is 0 Å². The molecule has 29 heavy (non-hydrogen) atoms. The van der Waals surface area contributed by atoms with Gasteiger partial charge in [-0.2, -0.15) is 0 Å². The standard InChI is InChI=1S/C24H28O5/c1-3-21(23-16-27-23)22-13-20(15-26-14-17-7-5-4-6-8-17)28-24(29-22)18-9-11-19(25-2)12-10-18/h3-12,20-24H,1,13-16H2,2H3/t20-,21-,22+,23+,24?/m1/s1. The van der Waals surface area contributed by atoms with Crippen LogP contribution in [-0.4, -0.2) is 38.6 Å². The van der Waals surface area contributed by atoms with Crippen LogP contribution in [0.1, 0.15) is 23.8 Å². The van der Waals surface area contributed by atoms with E-state index in [9.17, 15) is 0 Å². The summed E-state index contributed by atoms with van der Waals surface area (Å²) in [6.45, 7) is 5.84. The lowest BCUT2D eigenvalue weighted by Gasteiger charge is -2.38. The van der Waals surface area contributed by atoms with Gasteiger partial charge in [-0.3, -0.25) is 0 Å². The fourth-order valence-corrected chi connectivity index (χ4v) is 3.71. The number of hydrogen-bond acceptors (Lipinski definition) is 5. The van der Waals surface area contributed by atoms with E-state index < -0.39 is 6.29 Å². The summed E-state index contributed by atoms with van der Waals surface area (Å²) in [6.07, 6.45) is 2.35. The van der Waals surface area contributed by atoms with Crippen LogP contribution >= 0.6 is 0 Å². The van der Waals surface area contributed by atoms with Gasteiger partial charge in [0.05, 0.1) is 45.2 Å². The van der Waals surface area contributed by atoms with Crippen LogP contribution < -0.4 is 4.74 Å². The van der Waals surface area contributed by atoms with Crippen LogP contribution in [0, 0.1) is 5.92 Å². The number of rotatable bonds is 9. The van der Waals surface area contributed by atoms with Gasteiger partial charge in [0.2, 0.25) is 0 Å².